The number of amidine groups is 1. The molecule has 162 valence electrons. The van der Waals surface area contributed by atoms with E-state index in [-0.39, 0.29) is 18.3 Å². The van der Waals surface area contributed by atoms with E-state index in [1.807, 2.05) is 31.2 Å². The molecule has 0 bridgehead atoms. The summed E-state index contributed by atoms with van der Waals surface area (Å²) in [6.45, 7) is 2.19. The third-order valence-electron chi connectivity index (χ3n) is 4.53. The topological polar surface area (TPSA) is 50.7 Å². The maximum absolute atomic E-state index is 13.0. The van der Waals surface area contributed by atoms with E-state index in [4.69, 9.17) is 27.9 Å². The number of benzene rings is 3. The van der Waals surface area contributed by atoms with E-state index in [1.54, 1.807) is 30.3 Å². The Labute approximate surface area is 199 Å². The minimum absolute atomic E-state index is 0.192. The average Bonchev–Trinajstić information content (AvgIpc) is 3.09. The van der Waals surface area contributed by atoms with Crippen molar-refractivity contribution < 1.29 is 13.9 Å². The summed E-state index contributed by atoms with van der Waals surface area (Å²) in [6.07, 6.45) is 1.69. The SMILES string of the molecule is Cc1ccc(N=C2NC(=O)/C(=C\c3cc(Cl)c(OCc4ccc(F)cc4)c(Cl)c3)S2)cc1. The molecule has 4 nitrogen and oxygen atoms in total. The second-order valence-electron chi connectivity index (χ2n) is 7.05. The Bertz CT molecular complexity index is 1200. The molecule has 0 spiro atoms. The van der Waals surface area contributed by atoms with Crippen molar-refractivity contribution in [1.82, 2.24) is 5.32 Å². The maximum Gasteiger partial charge on any atom is 0.264 e. The standard InChI is InChI=1S/C24H17Cl2FN2O2S/c1-14-2-8-18(9-3-14)28-24-29-23(30)21(32-24)12-16-10-19(25)22(20(26)11-16)31-13-15-4-6-17(27)7-5-15/h2-12H,13H2,1H3,(H,28,29,30)/b21-12+. The van der Waals surface area contributed by atoms with E-state index < -0.39 is 0 Å². The Morgan fingerprint density at radius 2 is 1.72 bits per heavy atom. The van der Waals surface area contributed by atoms with Crippen LogP contribution in [-0.4, -0.2) is 11.1 Å². The van der Waals surface area contributed by atoms with Crippen LogP contribution in [0.15, 0.2) is 70.6 Å². The summed E-state index contributed by atoms with van der Waals surface area (Å²) < 4.78 is 18.8. The fourth-order valence-corrected chi connectivity index (χ4v) is 4.36. The van der Waals surface area contributed by atoms with Gasteiger partial charge in [-0.25, -0.2) is 9.38 Å². The third-order valence-corrected chi connectivity index (χ3v) is 6.00. The first kappa shape index (κ1) is 22.4. The van der Waals surface area contributed by atoms with Gasteiger partial charge >= 0.3 is 0 Å². The molecule has 0 atom stereocenters. The number of nitrogens with zero attached hydrogens (tertiary/aromatic N) is 1. The minimum Gasteiger partial charge on any atom is -0.486 e. The summed E-state index contributed by atoms with van der Waals surface area (Å²) in [5.74, 6) is -0.238. The average molecular weight is 487 g/mol. The predicted octanol–water partition coefficient (Wildman–Crippen LogP) is 6.91. The smallest absolute Gasteiger partial charge is 0.264 e. The molecule has 1 saturated heterocycles. The fourth-order valence-electron chi connectivity index (χ4n) is 2.91. The van der Waals surface area contributed by atoms with Crippen LogP contribution in [0.25, 0.3) is 6.08 Å². The highest BCUT2D eigenvalue weighted by Gasteiger charge is 2.24. The first-order valence-electron chi connectivity index (χ1n) is 9.60. The highest BCUT2D eigenvalue weighted by molar-refractivity contribution is 8.18. The molecule has 3 aromatic rings. The van der Waals surface area contributed by atoms with E-state index in [0.29, 0.717) is 31.4 Å². The number of carbonyl (C=O) groups excluding carboxylic acids is 1. The summed E-state index contributed by atoms with van der Waals surface area (Å²) in [6, 6.07) is 17.0. The lowest BCUT2D eigenvalue weighted by Crippen LogP contribution is -2.19. The molecule has 0 aliphatic carbocycles. The molecule has 1 heterocycles. The Balaban J connectivity index is 1.49. The molecule has 3 aromatic carbocycles. The molecular formula is C24H17Cl2FN2O2S. The van der Waals surface area contributed by atoms with E-state index in [9.17, 15) is 9.18 Å². The van der Waals surface area contributed by atoms with Gasteiger partial charge in [-0.2, -0.15) is 0 Å². The molecule has 0 unspecified atom stereocenters. The lowest BCUT2D eigenvalue weighted by molar-refractivity contribution is -0.115. The summed E-state index contributed by atoms with van der Waals surface area (Å²) in [5, 5.41) is 3.88. The number of halogens is 3. The van der Waals surface area contributed by atoms with E-state index in [1.165, 1.54) is 23.9 Å². The van der Waals surface area contributed by atoms with Gasteiger partial charge in [-0.3, -0.25) is 4.79 Å². The van der Waals surface area contributed by atoms with Crippen molar-refractivity contribution in [3.63, 3.8) is 0 Å². The summed E-state index contributed by atoms with van der Waals surface area (Å²) in [5.41, 5.74) is 3.33. The van der Waals surface area contributed by atoms with Crippen molar-refractivity contribution in [2.24, 2.45) is 4.99 Å². The van der Waals surface area contributed by atoms with Crippen molar-refractivity contribution in [1.29, 1.82) is 0 Å². The quantitative estimate of drug-likeness (QED) is 0.398. The number of nitrogens with one attached hydrogen (secondary N) is 1. The van der Waals surface area contributed by atoms with Crippen LogP contribution in [0.4, 0.5) is 10.1 Å². The monoisotopic (exact) mass is 486 g/mol. The van der Waals surface area contributed by atoms with Gasteiger partial charge in [0.05, 0.1) is 20.6 Å². The van der Waals surface area contributed by atoms with E-state index in [0.717, 1.165) is 16.8 Å². The molecule has 1 amide bonds. The normalized spacial score (nSPS) is 15.9. The molecule has 4 rings (SSSR count). The van der Waals surface area contributed by atoms with Gasteiger partial charge in [0.1, 0.15) is 12.4 Å². The summed E-state index contributed by atoms with van der Waals surface area (Å²) in [4.78, 5) is 17.3. The van der Waals surface area contributed by atoms with Gasteiger partial charge < -0.3 is 10.1 Å². The molecule has 0 radical (unpaired) electrons. The van der Waals surface area contributed by atoms with Crippen LogP contribution >= 0.6 is 35.0 Å². The molecule has 8 heteroatoms. The number of rotatable bonds is 5. The zero-order valence-corrected chi connectivity index (χ0v) is 19.2. The van der Waals surface area contributed by atoms with Gasteiger partial charge in [0, 0.05) is 0 Å². The number of aliphatic imine (C=N–C) groups is 1. The Morgan fingerprint density at radius 1 is 1.06 bits per heavy atom. The third kappa shape index (κ3) is 5.51. The van der Waals surface area contributed by atoms with Crippen molar-refractivity contribution >= 4 is 57.8 Å². The second kappa shape index (κ2) is 9.77. The minimum atomic E-state index is -0.317. The molecule has 1 N–H and O–H groups in total. The molecule has 32 heavy (non-hydrogen) atoms. The highest BCUT2D eigenvalue weighted by atomic mass is 35.5. The second-order valence-corrected chi connectivity index (χ2v) is 8.89. The van der Waals surface area contributed by atoms with E-state index in [2.05, 4.69) is 10.3 Å². The molecule has 1 aliphatic heterocycles. The summed E-state index contributed by atoms with van der Waals surface area (Å²) >= 11 is 14.0. The highest BCUT2D eigenvalue weighted by Crippen LogP contribution is 2.36. The van der Waals surface area contributed by atoms with Crippen LogP contribution in [0.5, 0.6) is 5.75 Å². The largest absolute Gasteiger partial charge is 0.486 e. The zero-order valence-electron chi connectivity index (χ0n) is 16.9. The molecule has 1 fully saturated rings. The molecule has 0 saturated carbocycles. The van der Waals surface area contributed by atoms with Crippen LogP contribution in [-0.2, 0) is 11.4 Å². The van der Waals surface area contributed by atoms with Gasteiger partial charge in [-0.05, 0) is 72.3 Å². The molecular weight excluding hydrogens is 470 g/mol. The van der Waals surface area contributed by atoms with Crippen LogP contribution in [0.3, 0.4) is 0 Å². The number of thioether (sulfide) groups is 1. The van der Waals surface area contributed by atoms with Crippen molar-refractivity contribution in [2.45, 2.75) is 13.5 Å². The number of aryl methyl sites for hydroxylation is 1. The Kier molecular flexibility index (Phi) is 6.84. The summed E-state index contributed by atoms with van der Waals surface area (Å²) in [7, 11) is 0. The van der Waals surface area contributed by atoms with Gasteiger partial charge in [-0.15, -0.1) is 0 Å². The van der Waals surface area contributed by atoms with Crippen LogP contribution in [0.1, 0.15) is 16.7 Å². The fraction of sp³-hybridized carbons (Fsp3) is 0.0833. The zero-order chi connectivity index (χ0) is 22.7. The van der Waals surface area contributed by atoms with Crippen LogP contribution in [0.2, 0.25) is 10.0 Å². The van der Waals surface area contributed by atoms with Gasteiger partial charge in [0.15, 0.2) is 10.9 Å². The number of carbonyl (C=O) groups is 1. The number of hydrogen-bond donors (Lipinski definition) is 1. The van der Waals surface area contributed by atoms with Crippen molar-refractivity contribution in [2.75, 3.05) is 0 Å². The lowest BCUT2D eigenvalue weighted by atomic mass is 10.2. The lowest BCUT2D eigenvalue weighted by Gasteiger charge is -2.11. The van der Waals surface area contributed by atoms with Crippen LogP contribution in [0, 0.1) is 12.7 Å². The maximum atomic E-state index is 13.0. The Hall–Kier alpha value is -2.80. The van der Waals surface area contributed by atoms with Gasteiger partial charge in [0.25, 0.3) is 5.91 Å². The van der Waals surface area contributed by atoms with E-state index >= 15 is 0 Å². The molecule has 0 aromatic heterocycles. The van der Waals surface area contributed by atoms with Crippen molar-refractivity contribution in [3.8, 4) is 5.75 Å². The predicted molar refractivity (Wildman–Crippen MR) is 129 cm³/mol. The number of amides is 1. The Morgan fingerprint density at radius 3 is 2.38 bits per heavy atom. The molecule has 1 aliphatic rings. The number of ether oxygens (including phenoxy) is 1. The van der Waals surface area contributed by atoms with Crippen molar-refractivity contribution in [3.05, 3.63) is 98.1 Å². The van der Waals surface area contributed by atoms with Crippen LogP contribution < -0.4 is 10.1 Å². The van der Waals surface area contributed by atoms with Gasteiger partial charge in [-0.1, -0.05) is 53.0 Å². The first-order chi connectivity index (χ1) is 15.4. The number of hydrogen-bond acceptors (Lipinski definition) is 4. The van der Waals surface area contributed by atoms with Gasteiger partial charge in [0.2, 0.25) is 0 Å². The first-order valence-corrected chi connectivity index (χ1v) is 11.2.